The third-order valence-corrected chi connectivity index (χ3v) is 6.61. The van der Waals surface area contributed by atoms with Crippen molar-refractivity contribution in [2.24, 2.45) is 0 Å². The Morgan fingerprint density at radius 2 is 0.921 bits per heavy atom. The van der Waals surface area contributed by atoms with E-state index in [2.05, 4.69) is 0 Å². The number of sulfonamides is 1. The molecule has 22 heteroatoms. The van der Waals surface area contributed by atoms with E-state index < -0.39 is 70.0 Å². The van der Waals surface area contributed by atoms with Crippen LogP contribution >= 0.6 is 0 Å². The van der Waals surface area contributed by atoms with Crippen LogP contribution in [0.25, 0.3) is 0 Å². The van der Waals surface area contributed by atoms with Crippen molar-refractivity contribution in [1.82, 2.24) is 4.72 Å². The maximum absolute atomic E-state index is 13.9. The Kier molecular flexibility index (Phi) is 9.90. The van der Waals surface area contributed by atoms with Gasteiger partial charge in [-0.2, -0.15) is 74.6 Å². The highest BCUT2D eigenvalue weighted by molar-refractivity contribution is 7.90. The largest absolute Gasteiger partial charge is 0.460 e. The van der Waals surface area contributed by atoms with Gasteiger partial charge < -0.3 is 4.48 Å². The van der Waals surface area contributed by atoms with Gasteiger partial charge in [0.15, 0.2) is 0 Å². The Labute approximate surface area is 203 Å². The lowest BCUT2D eigenvalue weighted by Gasteiger charge is -2.42. The van der Waals surface area contributed by atoms with E-state index >= 15 is 0 Å². The fourth-order valence-corrected chi connectivity index (χ4v) is 3.90. The molecule has 0 radical (unpaired) electrons. The van der Waals surface area contributed by atoms with Crippen molar-refractivity contribution in [2.75, 3.05) is 33.7 Å². The number of nitrogens with one attached hydrogen (secondary N) is 1. The maximum Gasteiger partial charge on any atom is 0.460 e. The molecular formula is C16H20F17N2O2S+. The lowest BCUT2D eigenvalue weighted by molar-refractivity contribution is -0.890. The smallest absolute Gasteiger partial charge is 0.328 e. The van der Waals surface area contributed by atoms with E-state index in [0.29, 0.717) is 17.7 Å². The number of hydrogen-bond donors (Lipinski definition) is 1. The molecule has 0 aliphatic carbocycles. The van der Waals surface area contributed by atoms with Crippen LogP contribution in [-0.4, -0.2) is 93.6 Å². The van der Waals surface area contributed by atoms with Crippen molar-refractivity contribution in [1.29, 1.82) is 0 Å². The van der Waals surface area contributed by atoms with E-state index in [1.54, 1.807) is 6.92 Å². The Balaban J connectivity index is 6.41. The molecule has 0 amide bonds. The molecule has 0 aliphatic heterocycles. The molecule has 4 nitrogen and oxygen atoms in total. The van der Waals surface area contributed by atoms with Crippen LogP contribution < -0.4 is 4.72 Å². The summed E-state index contributed by atoms with van der Waals surface area (Å²) < 4.78 is 249. The summed E-state index contributed by atoms with van der Waals surface area (Å²) in [4.78, 5) is 0. The topological polar surface area (TPSA) is 46.2 Å². The number of halogens is 17. The highest BCUT2D eigenvalue weighted by Crippen LogP contribution is 2.64. The molecule has 0 heterocycles. The molecule has 0 fully saturated rings. The molecule has 1 N–H and O–H groups in total. The van der Waals surface area contributed by atoms with Crippen molar-refractivity contribution in [3.05, 3.63) is 0 Å². The number of nitrogens with zero attached hydrogens (tertiary/aromatic N) is 1. The molecule has 0 saturated heterocycles. The van der Waals surface area contributed by atoms with Gasteiger partial charge >= 0.3 is 47.0 Å². The SMILES string of the molecule is CCC[N+](C)(C)CCCNS(=O)(=O)C(F)(F)C(F)(F)C(F)(F)C(F)(F)C(F)(F)C(F)(F)C(F)(F)C(F)(F)F. The molecule has 0 spiro atoms. The first kappa shape index (κ1) is 36.7. The molecule has 0 aromatic heterocycles. The van der Waals surface area contributed by atoms with Gasteiger partial charge in [-0.15, -0.1) is 0 Å². The van der Waals surface area contributed by atoms with Gasteiger partial charge in [0.2, 0.25) is 0 Å². The van der Waals surface area contributed by atoms with Crippen LogP contribution in [0.2, 0.25) is 0 Å². The fourth-order valence-electron chi connectivity index (χ4n) is 2.84. The average molecular weight is 627 g/mol. The van der Waals surface area contributed by atoms with Gasteiger partial charge in [0, 0.05) is 13.0 Å². The second-order valence-corrected chi connectivity index (χ2v) is 10.4. The molecule has 0 rings (SSSR count). The number of hydrogen-bond acceptors (Lipinski definition) is 2. The zero-order valence-corrected chi connectivity index (χ0v) is 19.9. The highest BCUT2D eigenvalue weighted by Gasteiger charge is 2.96. The number of alkyl halides is 17. The van der Waals surface area contributed by atoms with E-state index in [9.17, 15) is 83.1 Å². The van der Waals surface area contributed by atoms with Crippen LogP contribution in [0.4, 0.5) is 74.6 Å². The van der Waals surface area contributed by atoms with Crippen molar-refractivity contribution >= 4 is 10.0 Å². The predicted molar refractivity (Wildman–Crippen MR) is 94.4 cm³/mol. The molecule has 0 atom stereocenters. The predicted octanol–water partition coefficient (Wildman–Crippen LogP) is 5.75. The van der Waals surface area contributed by atoms with Crippen LogP contribution in [0.15, 0.2) is 0 Å². The van der Waals surface area contributed by atoms with Crippen molar-refractivity contribution in [3.63, 3.8) is 0 Å². The average Bonchev–Trinajstić information content (AvgIpc) is 2.69. The molecule has 38 heavy (non-hydrogen) atoms. The monoisotopic (exact) mass is 627 g/mol. The van der Waals surface area contributed by atoms with Crippen LogP contribution in [0, 0.1) is 0 Å². The molecule has 0 saturated carbocycles. The van der Waals surface area contributed by atoms with E-state index in [1.165, 1.54) is 14.1 Å². The number of quaternary nitrogens is 1. The summed E-state index contributed by atoms with van der Waals surface area (Å²) in [6.07, 6.45) is -7.82. The quantitative estimate of drug-likeness (QED) is 0.152. The second kappa shape index (κ2) is 10.3. The van der Waals surface area contributed by atoms with Crippen LogP contribution in [-0.2, 0) is 10.0 Å². The van der Waals surface area contributed by atoms with Gasteiger partial charge in [0.25, 0.3) is 10.0 Å². The normalized spacial score (nSPS) is 16.2. The van der Waals surface area contributed by atoms with Crippen LogP contribution in [0.1, 0.15) is 19.8 Å². The lowest BCUT2D eigenvalue weighted by Crippen LogP contribution is -2.75. The van der Waals surface area contributed by atoms with Gasteiger partial charge in [-0.1, -0.05) is 6.92 Å². The zero-order valence-electron chi connectivity index (χ0n) is 19.1. The number of rotatable bonds is 14. The third kappa shape index (κ3) is 5.62. The summed E-state index contributed by atoms with van der Waals surface area (Å²) in [7, 11) is -4.21. The van der Waals surface area contributed by atoms with E-state index in [4.69, 9.17) is 0 Å². The summed E-state index contributed by atoms with van der Waals surface area (Å²) >= 11 is 0. The molecular weight excluding hydrogens is 607 g/mol. The van der Waals surface area contributed by atoms with Gasteiger partial charge in [0.1, 0.15) is 0 Å². The molecule has 0 aromatic rings. The van der Waals surface area contributed by atoms with Gasteiger partial charge in [0.05, 0.1) is 27.2 Å². The van der Waals surface area contributed by atoms with Crippen molar-refractivity contribution < 1.29 is 87.5 Å². The molecule has 0 aromatic carbocycles. The van der Waals surface area contributed by atoms with E-state index in [-0.39, 0.29) is 11.0 Å². The summed E-state index contributed by atoms with van der Waals surface area (Å²) in [5, 5.41) is -7.53. The summed E-state index contributed by atoms with van der Waals surface area (Å²) in [5.41, 5.74) is 0. The first-order valence-corrected chi connectivity index (χ1v) is 11.3. The standard InChI is InChI=1S/C16H20F17N2O2S/c1-4-7-35(2,3)8-5-6-34-38(36,37)16(32,33)14(27,28)12(23,24)10(19,20)9(17,18)11(21,22)13(25,26)15(29,30)31/h34H,4-8H2,1-3H3/q+1. The maximum atomic E-state index is 13.9. The minimum absolute atomic E-state index is 0.0704. The summed E-state index contributed by atoms with van der Waals surface area (Å²) in [6, 6.07) is 0. The van der Waals surface area contributed by atoms with Gasteiger partial charge in [-0.25, -0.2) is 13.1 Å². The van der Waals surface area contributed by atoms with Gasteiger partial charge in [-0.3, -0.25) is 0 Å². The molecule has 0 aliphatic rings. The zero-order chi connectivity index (χ0) is 31.2. The third-order valence-electron chi connectivity index (χ3n) is 5.09. The van der Waals surface area contributed by atoms with Crippen molar-refractivity contribution in [3.8, 4) is 0 Å². The first-order valence-electron chi connectivity index (χ1n) is 9.79. The van der Waals surface area contributed by atoms with E-state index in [0.717, 1.165) is 0 Å². The fraction of sp³-hybridized carbons (Fsp3) is 1.00. The molecule has 230 valence electrons. The molecule has 0 bridgehead atoms. The molecule has 0 unspecified atom stereocenters. The first-order chi connectivity index (χ1) is 16.3. The Bertz CT molecular complexity index is 929. The highest BCUT2D eigenvalue weighted by atomic mass is 32.2. The van der Waals surface area contributed by atoms with Crippen LogP contribution in [0.3, 0.4) is 0 Å². The second-order valence-electron chi connectivity index (χ2n) is 8.60. The summed E-state index contributed by atoms with van der Waals surface area (Å²) in [6.45, 7) is 0.744. The van der Waals surface area contributed by atoms with Gasteiger partial charge in [-0.05, 0) is 6.42 Å². The summed E-state index contributed by atoms with van der Waals surface area (Å²) in [5.74, 6) is -51.5. The minimum atomic E-state index is -8.83. The van der Waals surface area contributed by atoms with Crippen molar-refractivity contribution in [2.45, 2.75) is 66.7 Å². The lowest BCUT2D eigenvalue weighted by atomic mass is 9.91. The Hall–Kier alpha value is -1.32. The Morgan fingerprint density at radius 1 is 0.579 bits per heavy atom. The minimum Gasteiger partial charge on any atom is -0.328 e. The van der Waals surface area contributed by atoms with E-state index in [1.807, 2.05) is 0 Å². The van der Waals surface area contributed by atoms with Crippen LogP contribution in [0.5, 0.6) is 0 Å². The Morgan fingerprint density at radius 3 is 1.26 bits per heavy atom.